The second kappa shape index (κ2) is 7.87. The van der Waals surface area contributed by atoms with Crippen molar-refractivity contribution in [1.29, 1.82) is 0 Å². The Morgan fingerprint density at radius 3 is 2.81 bits per heavy atom. The molecular formula is C16H25ClN2O2. The maximum absolute atomic E-state index is 6.38. The molecular weight excluding hydrogens is 288 g/mol. The Kier molecular flexibility index (Phi) is 6.15. The highest BCUT2D eigenvalue weighted by Gasteiger charge is 2.17. The number of methoxy groups -OCH3 is 2. The molecule has 1 heterocycles. The van der Waals surface area contributed by atoms with Crippen LogP contribution in [0.15, 0.2) is 12.1 Å². The Hall–Kier alpha value is -0.970. The summed E-state index contributed by atoms with van der Waals surface area (Å²) in [7, 11) is 5.42. The van der Waals surface area contributed by atoms with E-state index < -0.39 is 0 Å². The number of likely N-dealkylation sites (tertiary alicyclic amines) is 1. The van der Waals surface area contributed by atoms with Gasteiger partial charge in [0, 0.05) is 13.1 Å². The molecule has 1 aromatic rings. The summed E-state index contributed by atoms with van der Waals surface area (Å²) in [5.41, 5.74) is 1.04. The van der Waals surface area contributed by atoms with Crippen LogP contribution in [-0.4, -0.2) is 45.8 Å². The normalized spacial score (nSPS) is 19.5. The van der Waals surface area contributed by atoms with Crippen LogP contribution in [0.5, 0.6) is 11.5 Å². The van der Waals surface area contributed by atoms with E-state index in [1.165, 1.54) is 25.9 Å². The molecule has 1 aliphatic heterocycles. The van der Waals surface area contributed by atoms with Gasteiger partial charge in [-0.05, 0) is 50.5 Å². The van der Waals surface area contributed by atoms with Crippen LogP contribution in [0, 0.1) is 5.92 Å². The van der Waals surface area contributed by atoms with Crippen molar-refractivity contribution in [3.8, 4) is 11.5 Å². The molecule has 0 aromatic heterocycles. The van der Waals surface area contributed by atoms with Gasteiger partial charge in [0.15, 0.2) is 11.5 Å². The molecule has 118 valence electrons. The summed E-state index contributed by atoms with van der Waals surface area (Å²) in [5, 5.41) is 4.14. The van der Waals surface area contributed by atoms with Crippen molar-refractivity contribution in [3.05, 3.63) is 22.7 Å². The zero-order valence-electron chi connectivity index (χ0n) is 13.1. The Labute approximate surface area is 132 Å². The smallest absolute Gasteiger partial charge is 0.179 e. The summed E-state index contributed by atoms with van der Waals surface area (Å²) in [6.07, 6.45) is 2.59. The third-order valence-electron chi connectivity index (χ3n) is 4.04. The SMILES string of the molecule is COc1ccc(CNCC2CCCN(C)C2)c(Cl)c1OC. The van der Waals surface area contributed by atoms with Crippen molar-refractivity contribution in [3.63, 3.8) is 0 Å². The van der Waals surface area contributed by atoms with Gasteiger partial charge in [-0.3, -0.25) is 0 Å². The second-order valence-electron chi connectivity index (χ2n) is 5.68. The van der Waals surface area contributed by atoms with Gasteiger partial charge in [-0.15, -0.1) is 0 Å². The van der Waals surface area contributed by atoms with Crippen molar-refractivity contribution in [1.82, 2.24) is 10.2 Å². The zero-order valence-corrected chi connectivity index (χ0v) is 13.9. The summed E-state index contributed by atoms with van der Waals surface area (Å²) in [4.78, 5) is 2.40. The first kappa shape index (κ1) is 16.4. The molecule has 2 rings (SSSR count). The zero-order chi connectivity index (χ0) is 15.2. The predicted octanol–water partition coefficient (Wildman–Crippen LogP) is 2.79. The second-order valence-corrected chi connectivity index (χ2v) is 6.05. The molecule has 0 aliphatic carbocycles. The van der Waals surface area contributed by atoms with Gasteiger partial charge in [0.1, 0.15) is 0 Å². The maximum Gasteiger partial charge on any atom is 0.179 e. The summed E-state index contributed by atoms with van der Waals surface area (Å²) in [6.45, 7) is 4.17. The van der Waals surface area contributed by atoms with Crippen molar-refractivity contribution in [2.45, 2.75) is 19.4 Å². The minimum absolute atomic E-state index is 0.607. The summed E-state index contributed by atoms with van der Waals surface area (Å²) < 4.78 is 10.6. The van der Waals surface area contributed by atoms with Crippen molar-refractivity contribution in [2.24, 2.45) is 5.92 Å². The summed E-state index contributed by atoms with van der Waals surface area (Å²) in [6, 6.07) is 3.89. The van der Waals surface area contributed by atoms with Gasteiger partial charge in [0.2, 0.25) is 0 Å². The third kappa shape index (κ3) is 4.25. The average molecular weight is 313 g/mol. The number of hydrogen-bond donors (Lipinski definition) is 1. The molecule has 4 nitrogen and oxygen atoms in total. The van der Waals surface area contributed by atoms with E-state index in [1.807, 2.05) is 12.1 Å². The minimum atomic E-state index is 0.607. The highest BCUT2D eigenvalue weighted by Crippen LogP contribution is 2.37. The van der Waals surface area contributed by atoms with Crippen LogP contribution in [0.4, 0.5) is 0 Å². The summed E-state index contributed by atoms with van der Waals surface area (Å²) in [5.74, 6) is 2.00. The average Bonchev–Trinajstić information content (AvgIpc) is 2.48. The van der Waals surface area contributed by atoms with Crippen LogP contribution in [0.25, 0.3) is 0 Å². The molecule has 0 spiro atoms. The first-order chi connectivity index (χ1) is 10.2. The van der Waals surface area contributed by atoms with Crippen LogP contribution in [0.1, 0.15) is 18.4 Å². The van der Waals surface area contributed by atoms with E-state index in [4.69, 9.17) is 21.1 Å². The molecule has 0 bridgehead atoms. The minimum Gasteiger partial charge on any atom is -0.493 e. The standard InChI is InChI=1S/C16H25ClN2O2/c1-19-8-4-5-12(11-19)9-18-10-13-6-7-14(20-2)16(21-3)15(13)17/h6-7,12,18H,4-5,8-11H2,1-3H3. The van der Waals surface area contributed by atoms with Crippen molar-refractivity contribution >= 4 is 11.6 Å². The van der Waals surface area contributed by atoms with Gasteiger partial charge in [-0.1, -0.05) is 17.7 Å². The summed E-state index contributed by atoms with van der Waals surface area (Å²) >= 11 is 6.38. The van der Waals surface area contributed by atoms with E-state index in [0.717, 1.165) is 24.6 Å². The molecule has 1 unspecified atom stereocenters. The number of nitrogens with one attached hydrogen (secondary N) is 1. The third-order valence-corrected chi connectivity index (χ3v) is 4.45. The highest BCUT2D eigenvalue weighted by molar-refractivity contribution is 6.33. The molecule has 1 aromatic carbocycles. The van der Waals surface area contributed by atoms with E-state index in [0.29, 0.717) is 16.5 Å². The number of hydrogen-bond acceptors (Lipinski definition) is 4. The molecule has 21 heavy (non-hydrogen) atoms. The van der Waals surface area contributed by atoms with E-state index >= 15 is 0 Å². The van der Waals surface area contributed by atoms with E-state index in [2.05, 4.69) is 17.3 Å². The molecule has 1 fully saturated rings. The van der Waals surface area contributed by atoms with E-state index in [9.17, 15) is 0 Å². The first-order valence-electron chi connectivity index (χ1n) is 7.44. The molecule has 0 saturated carbocycles. The van der Waals surface area contributed by atoms with E-state index in [-0.39, 0.29) is 0 Å². The molecule has 1 N–H and O–H groups in total. The van der Waals surface area contributed by atoms with E-state index in [1.54, 1.807) is 14.2 Å². The number of halogens is 1. The Morgan fingerprint density at radius 2 is 2.14 bits per heavy atom. The molecule has 0 radical (unpaired) electrons. The molecule has 1 aliphatic rings. The van der Waals surface area contributed by atoms with Crippen molar-refractivity contribution in [2.75, 3.05) is 40.9 Å². The van der Waals surface area contributed by atoms with Crippen molar-refractivity contribution < 1.29 is 9.47 Å². The van der Waals surface area contributed by atoms with Crippen LogP contribution in [0.2, 0.25) is 5.02 Å². The molecule has 1 saturated heterocycles. The topological polar surface area (TPSA) is 33.7 Å². The number of piperidine rings is 1. The van der Waals surface area contributed by atoms with Gasteiger partial charge in [0.25, 0.3) is 0 Å². The lowest BCUT2D eigenvalue weighted by molar-refractivity contribution is 0.206. The largest absolute Gasteiger partial charge is 0.493 e. The monoisotopic (exact) mass is 312 g/mol. The van der Waals surface area contributed by atoms with Crippen LogP contribution >= 0.6 is 11.6 Å². The predicted molar refractivity (Wildman–Crippen MR) is 86.5 cm³/mol. The highest BCUT2D eigenvalue weighted by atomic mass is 35.5. The number of nitrogens with zero attached hydrogens (tertiary/aromatic N) is 1. The van der Waals surface area contributed by atoms with Crippen LogP contribution in [0.3, 0.4) is 0 Å². The Bertz CT molecular complexity index is 468. The Morgan fingerprint density at radius 1 is 1.33 bits per heavy atom. The Balaban J connectivity index is 1.91. The lowest BCUT2D eigenvalue weighted by Crippen LogP contribution is -2.37. The molecule has 5 heteroatoms. The molecule has 1 atom stereocenters. The van der Waals surface area contributed by atoms with Gasteiger partial charge >= 0.3 is 0 Å². The quantitative estimate of drug-likeness (QED) is 0.876. The lowest BCUT2D eigenvalue weighted by atomic mass is 9.98. The van der Waals surface area contributed by atoms with Gasteiger partial charge < -0.3 is 19.7 Å². The number of benzene rings is 1. The van der Waals surface area contributed by atoms with Gasteiger partial charge in [0.05, 0.1) is 19.2 Å². The maximum atomic E-state index is 6.38. The van der Waals surface area contributed by atoms with Crippen LogP contribution < -0.4 is 14.8 Å². The molecule has 0 amide bonds. The fourth-order valence-corrected chi connectivity index (χ4v) is 3.22. The fourth-order valence-electron chi connectivity index (χ4n) is 2.92. The first-order valence-corrected chi connectivity index (χ1v) is 7.82. The van der Waals surface area contributed by atoms with Gasteiger partial charge in [-0.25, -0.2) is 0 Å². The van der Waals surface area contributed by atoms with Gasteiger partial charge in [-0.2, -0.15) is 0 Å². The number of rotatable bonds is 6. The fraction of sp³-hybridized carbons (Fsp3) is 0.625. The van der Waals surface area contributed by atoms with Crippen LogP contribution in [-0.2, 0) is 6.54 Å². The number of ether oxygens (including phenoxy) is 2. The lowest BCUT2D eigenvalue weighted by Gasteiger charge is -2.29.